The molecule has 24 heavy (non-hydrogen) atoms. The van der Waals surface area contributed by atoms with Crippen LogP contribution in [0.5, 0.6) is 11.8 Å². The summed E-state index contributed by atoms with van der Waals surface area (Å²) in [4.78, 5) is 24.9. The molecule has 0 saturated carbocycles. The second-order valence-electron chi connectivity index (χ2n) is 6.08. The molecule has 1 aliphatic rings. The molecule has 1 fully saturated rings. The number of ether oxygens (including phenoxy) is 1. The second-order valence-corrected chi connectivity index (χ2v) is 6.08. The lowest BCUT2D eigenvalue weighted by Gasteiger charge is -2.37. The smallest absolute Gasteiger partial charge is 0.321 e. The van der Waals surface area contributed by atoms with Gasteiger partial charge in [0.05, 0.1) is 0 Å². The van der Waals surface area contributed by atoms with Gasteiger partial charge in [-0.1, -0.05) is 0 Å². The number of carbonyl (C=O) groups is 1. The topological polar surface area (TPSA) is 58.6 Å². The first kappa shape index (κ1) is 16.4. The van der Waals surface area contributed by atoms with E-state index in [0.29, 0.717) is 23.4 Å². The Labute approximate surface area is 142 Å². The molecule has 0 aliphatic carbocycles. The van der Waals surface area contributed by atoms with Gasteiger partial charge in [-0.3, -0.25) is 9.69 Å². The van der Waals surface area contributed by atoms with Gasteiger partial charge in [-0.05, 0) is 44.2 Å². The molecule has 0 N–H and O–H groups in total. The van der Waals surface area contributed by atoms with Crippen LogP contribution < -0.4 is 4.74 Å². The van der Waals surface area contributed by atoms with Gasteiger partial charge < -0.3 is 9.64 Å². The fourth-order valence-electron chi connectivity index (χ4n) is 2.73. The number of benzene rings is 1. The minimum absolute atomic E-state index is 0.0703. The Kier molecular flexibility index (Phi) is 5.05. The van der Waals surface area contributed by atoms with Crippen molar-refractivity contribution in [3.63, 3.8) is 0 Å². The average Bonchev–Trinajstić information content (AvgIpc) is 2.63. The van der Waals surface area contributed by atoms with Crippen molar-refractivity contribution < 1.29 is 9.53 Å². The number of hydrogen-bond donors (Lipinski definition) is 0. The minimum atomic E-state index is 0.0703. The first-order valence-electron chi connectivity index (χ1n) is 8.22. The van der Waals surface area contributed by atoms with E-state index in [1.54, 1.807) is 42.7 Å². The summed E-state index contributed by atoms with van der Waals surface area (Å²) in [5.74, 6) is 0.684. The van der Waals surface area contributed by atoms with Crippen molar-refractivity contribution in [2.24, 2.45) is 0 Å². The van der Waals surface area contributed by atoms with Crippen LogP contribution in [0.15, 0.2) is 42.7 Å². The average molecular weight is 326 g/mol. The van der Waals surface area contributed by atoms with Crippen molar-refractivity contribution in [3.8, 4) is 11.8 Å². The Balaban J connectivity index is 1.60. The molecule has 0 spiro atoms. The van der Waals surface area contributed by atoms with Gasteiger partial charge in [-0.15, -0.1) is 0 Å². The Hall–Kier alpha value is -2.47. The number of nitrogens with zero attached hydrogens (tertiary/aromatic N) is 4. The predicted octanol–water partition coefficient (Wildman–Crippen LogP) is 2.44. The zero-order valence-corrected chi connectivity index (χ0v) is 14.1. The molecule has 2 heterocycles. The summed E-state index contributed by atoms with van der Waals surface area (Å²) in [7, 11) is 0. The van der Waals surface area contributed by atoms with E-state index in [-0.39, 0.29) is 5.91 Å². The zero-order valence-electron chi connectivity index (χ0n) is 14.1. The molecule has 0 unspecified atom stereocenters. The van der Waals surface area contributed by atoms with Crippen molar-refractivity contribution in [2.45, 2.75) is 19.9 Å². The SMILES string of the molecule is CC(C)N1CCN(C(=O)c2ccc(Oc3ncccn3)cc2)CC1. The number of aromatic nitrogens is 2. The maximum Gasteiger partial charge on any atom is 0.321 e. The summed E-state index contributed by atoms with van der Waals surface area (Å²) < 4.78 is 5.55. The van der Waals surface area contributed by atoms with Crippen molar-refractivity contribution in [2.75, 3.05) is 26.2 Å². The molecule has 0 atom stereocenters. The molecule has 1 amide bonds. The van der Waals surface area contributed by atoms with Gasteiger partial charge in [-0.2, -0.15) is 0 Å². The molecular weight excluding hydrogens is 304 g/mol. The molecule has 6 nitrogen and oxygen atoms in total. The normalized spacial score (nSPS) is 15.5. The molecular formula is C18H22N4O2. The van der Waals surface area contributed by atoms with Crippen LogP contribution in [0.4, 0.5) is 0 Å². The first-order chi connectivity index (χ1) is 11.6. The van der Waals surface area contributed by atoms with Gasteiger partial charge in [-0.25, -0.2) is 9.97 Å². The Morgan fingerprint density at radius 3 is 2.25 bits per heavy atom. The van der Waals surface area contributed by atoms with Crippen molar-refractivity contribution in [1.82, 2.24) is 19.8 Å². The van der Waals surface area contributed by atoms with E-state index in [9.17, 15) is 4.79 Å². The summed E-state index contributed by atoms with van der Waals surface area (Å²) in [6.45, 7) is 7.77. The van der Waals surface area contributed by atoms with E-state index >= 15 is 0 Å². The second kappa shape index (κ2) is 7.40. The maximum atomic E-state index is 12.6. The van der Waals surface area contributed by atoms with Crippen LogP contribution in [-0.2, 0) is 0 Å². The van der Waals surface area contributed by atoms with Crippen molar-refractivity contribution in [3.05, 3.63) is 48.3 Å². The number of amides is 1. The summed E-state index contributed by atoms with van der Waals surface area (Å²) >= 11 is 0. The lowest BCUT2D eigenvalue weighted by molar-refractivity contribution is 0.0595. The van der Waals surface area contributed by atoms with E-state index in [4.69, 9.17) is 4.74 Å². The third kappa shape index (κ3) is 3.89. The fraction of sp³-hybridized carbons (Fsp3) is 0.389. The minimum Gasteiger partial charge on any atom is -0.424 e. The van der Waals surface area contributed by atoms with Gasteiger partial charge >= 0.3 is 6.01 Å². The number of piperazine rings is 1. The number of hydrogen-bond acceptors (Lipinski definition) is 5. The van der Waals surface area contributed by atoms with Crippen LogP contribution in [0.1, 0.15) is 24.2 Å². The molecule has 126 valence electrons. The maximum absolute atomic E-state index is 12.6. The molecule has 2 aromatic rings. The van der Waals surface area contributed by atoms with Gasteiger partial charge in [0.1, 0.15) is 5.75 Å². The third-order valence-corrected chi connectivity index (χ3v) is 4.18. The Bertz CT molecular complexity index is 665. The van der Waals surface area contributed by atoms with Gasteiger partial charge in [0.15, 0.2) is 0 Å². The highest BCUT2D eigenvalue weighted by atomic mass is 16.5. The molecule has 0 radical (unpaired) electrons. The van der Waals surface area contributed by atoms with Gasteiger partial charge in [0, 0.05) is 50.2 Å². The lowest BCUT2D eigenvalue weighted by Crippen LogP contribution is -2.50. The summed E-state index contributed by atoms with van der Waals surface area (Å²) in [6.07, 6.45) is 3.24. The van der Waals surface area contributed by atoms with E-state index in [2.05, 4.69) is 28.7 Å². The van der Waals surface area contributed by atoms with E-state index in [0.717, 1.165) is 26.2 Å². The van der Waals surface area contributed by atoms with Crippen molar-refractivity contribution in [1.29, 1.82) is 0 Å². The Morgan fingerprint density at radius 1 is 1.04 bits per heavy atom. The summed E-state index contributed by atoms with van der Waals surface area (Å²) in [5.41, 5.74) is 0.675. The zero-order chi connectivity index (χ0) is 16.9. The standard InChI is InChI=1S/C18H22N4O2/c1-14(2)21-10-12-22(13-11-21)17(23)15-4-6-16(7-5-15)24-18-19-8-3-9-20-18/h3-9,14H,10-13H2,1-2H3. The highest BCUT2D eigenvalue weighted by molar-refractivity contribution is 5.94. The third-order valence-electron chi connectivity index (χ3n) is 4.18. The molecule has 3 rings (SSSR count). The lowest BCUT2D eigenvalue weighted by atomic mass is 10.1. The van der Waals surface area contributed by atoms with Gasteiger partial charge in [0.2, 0.25) is 0 Å². The van der Waals surface area contributed by atoms with Crippen LogP contribution in [0, 0.1) is 0 Å². The van der Waals surface area contributed by atoms with E-state index < -0.39 is 0 Å². The van der Waals surface area contributed by atoms with Crippen LogP contribution in [0.3, 0.4) is 0 Å². The highest BCUT2D eigenvalue weighted by Gasteiger charge is 2.23. The van der Waals surface area contributed by atoms with E-state index in [1.807, 2.05) is 4.90 Å². The largest absolute Gasteiger partial charge is 0.424 e. The fourth-order valence-corrected chi connectivity index (χ4v) is 2.73. The molecule has 1 aromatic carbocycles. The van der Waals surface area contributed by atoms with E-state index in [1.165, 1.54) is 0 Å². The molecule has 1 aliphatic heterocycles. The number of carbonyl (C=O) groups excluding carboxylic acids is 1. The number of rotatable bonds is 4. The highest BCUT2D eigenvalue weighted by Crippen LogP contribution is 2.19. The summed E-state index contributed by atoms with van der Waals surface area (Å²) in [6, 6.07) is 9.67. The molecule has 6 heteroatoms. The van der Waals surface area contributed by atoms with Crippen LogP contribution in [-0.4, -0.2) is 57.9 Å². The quantitative estimate of drug-likeness (QED) is 0.864. The predicted molar refractivity (Wildman–Crippen MR) is 91.2 cm³/mol. The van der Waals surface area contributed by atoms with Crippen LogP contribution in [0.25, 0.3) is 0 Å². The Morgan fingerprint density at radius 2 is 1.67 bits per heavy atom. The van der Waals surface area contributed by atoms with Crippen LogP contribution in [0.2, 0.25) is 0 Å². The van der Waals surface area contributed by atoms with Gasteiger partial charge in [0.25, 0.3) is 5.91 Å². The first-order valence-corrected chi connectivity index (χ1v) is 8.22. The van der Waals surface area contributed by atoms with Crippen molar-refractivity contribution >= 4 is 5.91 Å². The summed E-state index contributed by atoms with van der Waals surface area (Å²) in [5, 5.41) is 0. The molecule has 1 saturated heterocycles. The molecule has 0 bridgehead atoms. The molecule has 1 aromatic heterocycles. The monoisotopic (exact) mass is 326 g/mol. The van der Waals surface area contributed by atoms with Crippen LogP contribution >= 0.6 is 0 Å².